The molecule has 0 aromatic heterocycles. The molecular weight excluding hydrogens is 192 g/mol. The summed E-state index contributed by atoms with van der Waals surface area (Å²) >= 11 is 0. The number of benzene rings is 1. The fourth-order valence-corrected chi connectivity index (χ4v) is 1.19. The van der Waals surface area contributed by atoms with E-state index in [9.17, 15) is 5.11 Å². The molecule has 0 aliphatic heterocycles. The Balaban J connectivity index is 2.64. The molecule has 0 saturated carbocycles. The van der Waals surface area contributed by atoms with Crippen LogP contribution >= 0.6 is 0 Å². The van der Waals surface area contributed by atoms with Crippen LogP contribution in [0.5, 0.6) is 5.75 Å². The molecule has 0 spiro atoms. The SMILES string of the molecule is COCc1cccc(OC(C)[C@H](C)O)c1. The van der Waals surface area contributed by atoms with Gasteiger partial charge in [-0.15, -0.1) is 0 Å². The van der Waals surface area contributed by atoms with Crippen LogP contribution in [0.4, 0.5) is 0 Å². The molecule has 15 heavy (non-hydrogen) atoms. The topological polar surface area (TPSA) is 38.7 Å². The van der Waals surface area contributed by atoms with Crippen molar-refractivity contribution >= 4 is 0 Å². The number of hydrogen-bond acceptors (Lipinski definition) is 3. The average molecular weight is 210 g/mol. The minimum Gasteiger partial charge on any atom is -0.488 e. The molecule has 1 unspecified atom stereocenters. The minimum absolute atomic E-state index is 0.206. The number of hydrogen-bond donors (Lipinski definition) is 1. The molecule has 1 N–H and O–H groups in total. The second-order valence-electron chi connectivity index (χ2n) is 3.64. The molecule has 0 heterocycles. The van der Waals surface area contributed by atoms with Crippen molar-refractivity contribution < 1.29 is 14.6 Å². The van der Waals surface area contributed by atoms with Crippen LogP contribution in [0.2, 0.25) is 0 Å². The van der Waals surface area contributed by atoms with Crippen LogP contribution in [0.15, 0.2) is 24.3 Å². The number of rotatable bonds is 5. The van der Waals surface area contributed by atoms with E-state index in [-0.39, 0.29) is 6.10 Å². The van der Waals surface area contributed by atoms with E-state index in [1.807, 2.05) is 31.2 Å². The second-order valence-corrected chi connectivity index (χ2v) is 3.64. The van der Waals surface area contributed by atoms with Crippen molar-refractivity contribution in [3.05, 3.63) is 29.8 Å². The van der Waals surface area contributed by atoms with Crippen molar-refractivity contribution in [1.82, 2.24) is 0 Å². The fourth-order valence-electron chi connectivity index (χ4n) is 1.19. The van der Waals surface area contributed by atoms with Crippen LogP contribution in [0.3, 0.4) is 0 Å². The molecule has 2 atom stereocenters. The Labute approximate surface area is 90.6 Å². The Kier molecular flexibility index (Phi) is 4.59. The van der Waals surface area contributed by atoms with Gasteiger partial charge in [-0.25, -0.2) is 0 Å². The lowest BCUT2D eigenvalue weighted by Crippen LogP contribution is -2.25. The molecule has 1 aromatic rings. The third-order valence-electron chi connectivity index (χ3n) is 2.21. The van der Waals surface area contributed by atoms with Gasteiger partial charge in [0.1, 0.15) is 11.9 Å². The maximum atomic E-state index is 9.31. The first-order valence-corrected chi connectivity index (χ1v) is 5.06. The lowest BCUT2D eigenvalue weighted by molar-refractivity contribution is 0.0603. The Hall–Kier alpha value is -1.06. The first kappa shape index (κ1) is 12.0. The molecule has 0 aliphatic rings. The van der Waals surface area contributed by atoms with Crippen LogP contribution in [-0.2, 0) is 11.3 Å². The summed E-state index contributed by atoms with van der Waals surface area (Å²) in [6.45, 7) is 4.12. The van der Waals surface area contributed by atoms with Gasteiger partial charge in [0.2, 0.25) is 0 Å². The second kappa shape index (κ2) is 5.73. The number of aliphatic hydroxyl groups is 1. The molecule has 1 aromatic carbocycles. The number of aliphatic hydroxyl groups excluding tert-OH is 1. The molecule has 0 aliphatic carbocycles. The lowest BCUT2D eigenvalue weighted by atomic mass is 10.2. The lowest BCUT2D eigenvalue weighted by Gasteiger charge is -2.17. The molecule has 3 nitrogen and oxygen atoms in total. The summed E-state index contributed by atoms with van der Waals surface area (Å²) in [5, 5.41) is 9.31. The Bertz CT molecular complexity index is 297. The maximum Gasteiger partial charge on any atom is 0.121 e. The summed E-state index contributed by atoms with van der Waals surface area (Å²) < 4.78 is 10.6. The third-order valence-corrected chi connectivity index (χ3v) is 2.21. The Morgan fingerprint density at radius 3 is 2.67 bits per heavy atom. The van der Waals surface area contributed by atoms with Crippen molar-refractivity contribution in [3.63, 3.8) is 0 Å². The number of ether oxygens (including phenoxy) is 2. The predicted molar refractivity (Wildman–Crippen MR) is 58.9 cm³/mol. The van der Waals surface area contributed by atoms with Crippen LogP contribution < -0.4 is 4.74 Å². The Morgan fingerprint density at radius 1 is 1.33 bits per heavy atom. The van der Waals surface area contributed by atoms with Crippen molar-refractivity contribution in [2.24, 2.45) is 0 Å². The third kappa shape index (κ3) is 3.90. The van der Waals surface area contributed by atoms with E-state index in [1.165, 1.54) is 0 Å². The van der Waals surface area contributed by atoms with Gasteiger partial charge in [0.25, 0.3) is 0 Å². The zero-order valence-electron chi connectivity index (χ0n) is 9.43. The van der Waals surface area contributed by atoms with Crippen LogP contribution in [0.1, 0.15) is 19.4 Å². The summed E-state index contributed by atoms with van der Waals surface area (Å²) in [6.07, 6.45) is -0.682. The minimum atomic E-state index is -0.476. The molecule has 0 radical (unpaired) electrons. The van der Waals surface area contributed by atoms with Crippen LogP contribution in [0.25, 0.3) is 0 Å². The first-order valence-electron chi connectivity index (χ1n) is 5.06. The van der Waals surface area contributed by atoms with Crippen molar-refractivity contribution in [2.75, 3.05) is 7.11 Å². The van der Waals surface area contributed by atoms with Crippen LogP contribution in [0, 0.1) is 0 Å². The van der Waals surface area contributed by atoms with Gasteiger partial charge in [-0.05, 0) is 31.5 Å². The summed E-state index contributed by atoms with van der Waals surface area (Å²) in [4.78, 5) is 0. The summed E-state index contributed by atoms with van der Waals surface area (Å²) in [7, 11) is 1.66. The van der Waals surface area contributed by atoms with Gasteiger partial charge in [-0.1, -0.05) is 12.1 Å². The highest BCUT2D eigenvalue weighted by Gasteiger charge is 2.10. The summed E-state index contributed by atoms with van der Waals surface area (Å²) in [5.74, 6) is 0.762. The zero-order valence-corrected chi connectivity index (χ0v) is 9.43. The zero-order chi connectivity index (χ0) is 11.3. The van der Waals surface area contributed by atoms with Gasteiger partial charge in [0.05, 0.1) is 12.7 Å². The molecule has 0 fully saturated rings. The predicted octanol–water partition coefficient (Wildman–Crippen LogP) is 1.98. The number of methoxy groups -OCH3 is 1. The summed E-state index contributed by atoms with van der Waals surface area (Å²) in [6, 6.07) is 7.68. The molecular formula is C12H18O3. The maximum absolute atomic E-state index is 9.31. The highest BCUT2D eigenvalue weighted by atomic mass is 16.5. The molecule has 0 saturated heterocycles. The van der Waals surface area contributed by atoms with Gasteiger partial charge >= 0.3 is 0 Å². The summed E-state index contributed by atoms with van der Waals surface area (Å²) in [5.41, 5.74) is 1.06. The van der Waals surface area contributed by atoms with E-state index in [2.05, 4.69) is 0 Å². The van der Waals surface area contributed by atoms with E-state index in [4.69, 9.17) is 9.47 Å². The van der Waals surface area contributed by atoms with E-state index in [0.717, 1.165) is 11.3 Å². The normalized spacial score (nSPS) is 14.7. The van der Waals surface area contributed by atoms with Gasteiger partial charge in [-0.2, -0.15) is 0 Å². The van der Waals surface area contributed by atoms with E-state index in [0.29, 0.717) is 6.61 Å². The molecule has 1 rings (SSSR count). The first-order chi connectivity index (χ1) is 7.13. The molecule has 0 bridgehead atoms. The highest BCUT2D eigenvalue weighted by Crippen LogP contribution is 2.16. The van der Waals surface area contributed by atoms with E-state index >= 15 is 0 Å². The average Bonchev–Trinajstić information content (AvgIpc) is 2.18. The Morgan fingerprint density at radius 2 is 2.07 bits per heavy atom. The molecule has 3 heteroatoms. The standard InChI is InChI=1S/C12H18O3/c1-9(13)10(2)15-12-6-4-5-11(7-12)8-14-3/h4-7,9-10,13H,8H2,1-3H3/t9-,10?/m0/s1. The van der Waals surface area contributed by atoms with Gasteiger partial charge in [-0.3, -0.25) is 0 Å². The molecule has 84 valence electrons. The highest BCUT2D eigenvalue weighted by molar-refractivity contribution is 5.28. The quantitative estimate of drug-likeness (QED) is 0.807. The van der Waals surface area contributed by atoms with Crippen molar-refractivity contribution in [3.8, 4) is 5.75 Å². The van der Waals surface area contributed by atoms with Crippen LogP contribution in [-0.4, -0.2) is 24.4 Å². The van der Waals surface area contributed by atoms with E-state index in [1.54, 1.807) is 14.0 Å². The van der Waals surface area contributed by atoms with Gasteiger partial charge in [0.15, 0.2) is 0 Å². The van der Waals surface area contributed by atoms with Crippen molar-refractivity contribution in [1.29, 1.82) is 0 Å². The molecule has 0 amide bonds. The van der Waals surface area contributed by atoms with Crippen molar-refractivity contribution in [2.45, 2.75) is 32.7 Å². The fraction of sp³-hybridized carbons (Fsp3) is 0.500. The largest absolute Gasteiger partial charge is 0.488 e. The van der Waals surface area contributed by atoms with Gasteiger partial charge in [0, 0.05) is 7.11 Å². The monoisotopic (exact) mass is 210 g/mol. The van der Waals surface area contributed by atoms with Gasteiger partial charge < -0.3 is 14.6 Å². The smallest absolute Gasteiger partial charge is 0.121 e. The van der Waals surface area contributed by atoms with E-state index < -0.39 is 6.10 Å².